The number of H-pyrrole nitrogens is 1. The number of aromatic nitrogens is 4. The average Bonchev–Trinajstić information content (AvgIpc) is 2.75. The molecule has 2 aromatic heterocycles. The number of aromatic amines is 1. The average molecular weight is 468 g/mol. The first kappa shape index (κ1) is 20.7. The van der Waals surface area contributed by atoms with Crippen LogP contribution in [0.1, 0.15) is 11.1 Å². The fourth-order valence-electron chi connectivity index (χ4n) is 3.91. The largest absolute Gasteiger partial charge is 0.333 e. The summed E-state index contributed by atoms with van der Waals surface area (Å²) in [5, 5.41) is 12.6. The van der Waals surface area contributed by atoms with E-state index in [2.05, 4.69) is 44.3 Å². The first-order chi connectivity index (χ1) is 15.4. The maximum Gasteiger partial charge on any atom is 0.333 e. The van der Waals surface area contributed by atoms with Crippen LogP contribution < -0.4 is 16.5 Å². The SMILES string of the molecule is CN1CCc2cc(Nc3ncc4c(=N)n(-c5c(Cl)cccc5Cl)c(=O)[nH]c4n3)ccc2C1. The lowest BCUT2D eigenvalue weighted by Crippen LogP contribution is -2.34. The van der Waals surface area contributed by atoms with Gasteiger partial charge in [0.2, 0.25) is 5.95 Å². The van der Waals surface area contributed by atoms with Gasteiger partial charge < -0.3 is 10.2 Å². The van der Waals surface area contributed by atoms with Crippen LogP contribution in [-0.4, -0.2) is 38.0 Å². The van der Waals surface area contributed by atoms with Crippen molar-refractivity contribution in [1.29, 1.82) is 5.41 Å². The van der Waals surface area contributed by atoms with E-state index in [9.17, 15) is 4.79 Å². The molecule has 3 heterocycles. The molecule has 5 rings (SSSR count). The van der Waals surface area contributed by atoms with Gasteiger partial charge in [-0.1, -0.05) is 35.3 Å². The van der Waals surface area contributed by atoms with Gasteiger partial charge >= 0.3 is 5.69 Å². The van der Waals surface area contributed by atoms with Crippen LogP contribution in [0.5, 0.6) is 0 Å². The number of likely N-dealkylation sites (N-methyl/N-ethyl adjacent to an activating group) is 1. The first-order valence-corrected chi connectivity index (χ1v) is 10.7. The van der Waals surface area contributed by atoms with Crippen molar-refractivity contribution in [2.45, 2.75) is 13.0 Å². The molecule has 8 nitrogen and oxygen atoms in total. The van der Waals surface area contributed by atoms with Gasteiger partial charge in [-0.15, -0.1) is 0 Å². The van der Waals surface area contributed by atoms with Crippen molar-refractivity contribution in [1.82, 2.24) is 24.4 Å². The number of halogens is 2. The van der Waals surface area contributed by atoms with Crippen LogP contribution in [0.15, 0.2) is 47.4 Å². The van der Waals surface area contributed by atoms with Gasteiger partial charge in [0.05, 0.1) is 21.1 Å². The van der Waals surface area contributed by atoms with Crippen molar-refractivity contribution in [3.8, 4) is 5.69 Å². The molecule has 10 heteroatoms. The van der Waals surface area contributed by atoms with Gasteiger partial charge in [-0.25, -0.2) is 14.3 Å². The molecule has 162 valence electrons. The highest BCUT2D eigenvalue weighted by Gasteiger charge is 2.16. The van der Waals surface area contributed by atoms with Crippen LogP contribution in [-0.2, 0) is 13.0 Å². The molecule has 0 unspecified atom stereocenters. The molecule has 0 radical (unpaired) electrons. The van der Waals surface area contributed by atoms with Gasteiger partial charge in [0.1, 0.15) is 5.49 Å². The van der Waals surface area contributed by atoms with Gasteiger partial charge in [-0.05, 0) is 48.9 Å². The molecule has 32 heavy (non-hydrogen) atoms. The molecule has 0 saturated carbocycles. The number of fused-ring (bicyclic) bond motifs is 2. The fraction of sp³-hybridized carbons (Fsp3) is 0.182. The molecule has 0 atom stereocenters. The minimum atomic E-state index is -0.569. The number of nitrogens with zero attached hydrogens (tertiary/aromatic N) is 4. The van der Waals surface area contributed by atoms with E-state index in [1.54, 1.807) is 18.2 Å². The predicted molar refractivity (Wildman–Crippen MR) is 125 cm³/mol. The minimum absolute atomic E-state index is 0.108. The third kappa shape index (κ3) is 3.66. The summed E-state index contributed by atoms with van der Waals surface area (Å²) in [6.07, 6.45) is 2.48. The van der Waals surface area contributed by atoms with Gasteiger partial charge in [-0.2, -0.15) is 4.98 Å². The molecule has 0 bridgehead atoms. The summed E-state index contributed by atoms with van der Waals surface area (Å²) < 4.78 is 1.12. The molecule has 4 aromatic rings. The number of anilines is 2. The topological polar surface area (TPSA) is 103 Å². The van der Waals surface area contributed by atoms with E-state index in [0.29, 0.717) is 11.3 Å². The molecular weight excluding hydrogens is 449 g/mol. The number of nitrogens with one attached hydrogen (secondary N) is 3. The maximum atomic E-state index is 12.8. The zero-order chi connectivity index (χ0) is 22.4. The highest BCUT2D eigenvalue weighted by molar-refractivity contribution is 6.37. The Labute approximate surface area is 193 Å². The second-order valence-corrected chi connectivity index (χ2v) is 8.55. The van der Waals surface area contributed by atoms with Crippen LogP contribution >= 0.6 is 23.2 Å². The van der Waals surface area contributed by atoms with Crippen LogP contribution in [0.4, 0.5) is 11.6 Å². The fourth-order valence-corrected chi connectivity index (χ4v) is 4.47. The number of para-hydroxylation sites is 1. The number of hydrogen-bond acceptors (Lipinski definition) is 6. The molecule has 3 N–H and O–H groups in total. The lowest BCUT2D eigenvalue weighted by atomic mass is 9.99. The minimum Gasteiger partial charge on any atom is -0.324 e. The lowest BCUT2D eigenvalue weighted by Gasteiger charge is -2.25. The molecule has 0 fully saturated rings. The summed E-state index contributed by atoms with van der Waals surface area (Å²) in [5.74, 6) is 0.328. The molecule has 0 saturated heterocycles. The van der Waals surface area contributed by atoms with E-state index >= 15 is 0 Å². The number of rotatable bonds is 3. The van der Waals surface area contributed by atoms with Crippen LogP contribution in [0, 0.1) is 5.41 Å². The lowest BCUT2D eigenvalue weighted by molar-refractivity contribution is 0.313. The quantitative estimate of drug-likeness (QED) is 0.426. The van der Waals surface area contributed by atoms with E-state index in [1.807, 2.05) is 6.07 Å². The van der Waals surface area contributed by atoms with Crippen molar-refractivity contribution in [2.24, 2.45) is 0 Å². The standard InChI is InChI=1S/C22H19Cl2N7O/c1-30-8-7-12-9-14(6-5-13(12)11-30)27-21-26-10-15-19(25)31(22(32)29-20(15)28-21)18-16(23)3-2-4-17(18)24/h2-6,9-10,25H,7-8,11H2,1H3,(H2,26,27,28,29,32). The number of hydrogen-bond donors (Lipinski definition) is 3. The second kappa shape index (κ2) is 8.05. The Balaban J connectivity index is 1.53. The van der Waals surface area contributed by atoms with Gasteiger partial charge in [0.25, 0.3) is 0 Å². The molecule has 0 amide bonds. The predicted octanol–water partition coefficient (Wildman–Crippen LogP) is 3.63. The summed E-state index contributed by atoms with van der Waals surface area (Å²) in [4.78, 5) is 26.6. The van der Waals surface area contributed by atoms with Crippen molar-refractivity contribution in [3.05, 3.63) is 79.7 Å². The molecule has 0 spiro atoms. The summed E-state index contributed by atoms with van der Waals surface area (Å²) >= 11 is 12.5. The van der Waals surface area contributed by atoms with Crippen molar-refractivity contribution in [3.63, 3.8) is 0 Å². The Bertz CT molecular complexity index is 1460. The Morgan fingerprint density at radius 1 is 1.16 bits per heavy atom. The highest BCUT2D eigenvalue weighted by atomic mass is 35.5. The Kier molecular flexibility index (Phi) is 5.21. The summed E-state index contributed by atoms with van der Waals surface area (Å²) in [6, 6.07) is 11.1. The van der Waals surface area contributed by atoms with E-state index in [1.165, 1.54) is 17.3 Å². The summed E-state index contributed by atoms with van der Waals surface area (Å²) in [6.45, 7) is 1.96. The van der Waals surface area contributed by atoms with Crippen molar-refractivity contribution < 1.29 is 0 Å². The smallest absolute Gasteiger partial charge is 0.324 e. The van der Waals surface area contributed by atoms with Crippen molar-refractivity contribution in [2.75, 3.05) is 18.9 Å². The second-order valence-electron chi connectivity index (χ2n) is 7.74. The first-order valence-electron chi connectivity index (χ1n) is 9.99. The molecule has 0 aliphatic carbocycles. The van der Waals surface area contributed by atoms with Crippen LogP contribution in [0.25, 0.3) is 16.7 Å². The summed E-state index contributed by atoms with van der Waals surface area (Å²) in [5.41, 5.74) is 3.30. The van der Waals surface area contributed by atoms with Gasteiger partial charge in [-0.3, -0.25) is 10.4 Å². The zero-order valence-electron chi connectivity index (χ0n) is 17.1. The number of benzene rings is 2. The van der Waals surface area contributed by atoms with Gasteiger partial charge in [0.15, 0.2) is 5.65 Å². The van der Waals surface area contributed by atoms with E-state index in [-0.39, 0.29) is 26.9 Å². The molecule has 2 aromatic carbocycles. The monoisotopic (exact) mass is 467 g/mol. The van der Waals surface area contributed by atoms with Crippen LogP contribution in [0.2, 0.25) is 10.0 Å². The highest BCUT2D eigenvalue weighted by Crippen LogP contribution is 2.27. The third-order valence-corrected chi connectivity index (χ3v) is 6.13. The molecule has 1 aliphatic heterocycles. The van der Waals surface area contributed by atoms with E-state index in [0.717, 1.165) is 29.8 Å². The maximum absolute atomic E-state index is 12.8. The summed E-state index contributed by atoms with van der Waals surface area (Å²) in [7, 11) is 2.11. The Morgan fingerprint density at radius 2 is 1.94 bits per heavy atom. The van der Waals surface area contributed by atoms with E-state index < -0.39 is 5.69 Å². The van der Waals surface area contributed by atoms with E-state index in [4.69, 9.17) is 28.6 Å². The van der Waals surface area contributed by atoms with Crippen molar-refractivity contribution >= 4 is 45.9 Å². The Morgan fingerprint density at radius 3 is 2.72 bits per heavy atom. The van der Waals surface area contributed by atoms with Gasteiger partial charge in [0, 0.05) is 25.0 Å². The Hall–Kier alpha value is -3.20. The molecular formula is C22H19Cl2N7O. The molecule has 1 aliphatic rings. The third-order valence-electron chi connectivity index (χ3n) is 5.52. The van der Waals surface area contributed by atoms with Crippen LogP contribution in [0.3, 0.4) is 0 Å². The zero-order valence-corrected chi connectivity index (χ0v) is 18.6. The normalized spacial score (nSPS) is 13.8.